The minimum absolute atomic E-state index is 0.623. The van der Waals surface area contributed by atoms with E-state index < -0.39 is 0 Å². The number of nitrogens with zero attached hydrogens (tertiary/aromatic N) is 1. The van der Waals surface area contributed by atoms with Gasteiger partial charge in [-0.2, -0.15) is 0 Å². The smallest absolute Gasteiger partial charge is 0.0741 e. The van der Waals surface area contributed by atoms with Gasteiger partial charge in [-0.05, 0) is 25.8 Å². The quantitative estimate of drug-likeness (QED) is 0.545. The summed E-state index contributed by atoms with van der Waals surface area (Å²) >= 11 is 12.5. The van der Waals surface area contributed by atoms with Crippen LogP contribution in [0.5, 0.6) is 0 Å². The molecular formula is C14H23Cl2N. The van der Waals surface area contributed by atoms with Crippen molar-refractivity contribution in [3.63, 3.8) is 0 Å². The van der Waals surface area contributed by atoms with E-state index in [4.69, 9.17) is 23.2 Å². The van der Waals surface area contributed by atoms with Gasteiger partial charge in [0.25, 0.3) is 0 Å². The van der Waals surface area contributed by atoms with E-state index in [0.717, 1.165) is 38.0 Å². The van der Waals surface area contributed by atoms with Crippen molar-refractivity contribution in [3.05, 3.63) is 34.5 Å². The van der Waals surface area contributed by atoms with E-state index in [2.05, 4.69) is 25.3 Å². The number of halogens is 2. The van der Waals surface area contributed by atoms with Crippen molar-refractivity contribution in [2.24, 2.45) is 0 Å². The zero-order valence-corrected chi connectivity index (χ0v) is 12.6. The van der Waals surface area contributed by atoms with E-state index in [1.165, 1.54) is 0 Å². The summed E-state index contributed by atoms with van der Waals surface area (Å²) in [7, 11) is 0. The van der Waals surface area contributed by atoms with Crippen LogP contribution in [0, 0.1) is 0 Å². The molecule has 0 aromatic heterocycles. The van der Waals surface area contributed by atoms with Crippen LogP contribution < -0.4 is 0 Å². The standard InChI is InChI=1S/C14H23Cl2N/c1-5-9-11-17(10-6-2)14(12(15)7-3)13(16)8-4/h7-8H,3,5-6,9-11H2,1-2,4H3/b13-8+,14-12-. The Morgan fingerprint density at radius 2 is 1.82 bits per heavy atom. The van der Waals surface area contributed by atoms with Crippen LogP contribution in [0.15, 0.2) is 34.5 Å². The molecule has 0 aliphatic heterocycles. The van der Waals surface area contributed by atoms with E-state index in [1.807, 2.05) is 13.0 Å². The fourth-order valence-corrected chi connectivity index (χ4v) is 2.09. The highest BCUT2D eigenvalue weighted by atomic mass is 35.5. The molecule has 0 radical (unpaired) electrons. The summed E-state index contributed by atoms with van der Waals surface area (Å²) in [6.07, 6.45) is 6.89. The number of hydrogen-bond donors (Lipinski definition) is 0. The van der Waals surface area contributed by atoms with Crippen molar-refractivity contribution in [3.8, 4) is 0 Å². The second kappa shape index (κ2) is 9.61. The number of hydrogen-bond acceptors (Lipinski definition) is 1. The third-order valence-corrected chi connectivity index (χ3v) is 3.21. The van der Waals surface area contributed by atoms with Gasteiger partial charge < -0.3 is 4.90 Å². The molecule has 0 aromatic rings. The summed E-state index contributed by atoms with van der Waals surface area (Å²) in [5.74, 6) is 0. The van der Waals surface area contributed by atoms with Crippen LogP contribution in [0.4, 0.5) is 0 Å². The average molecular weight is 276 g/mol. The molecule has 0 rings (SSSR count). The van der Waals surface area contributed by atoms with Crippen molar-refractivity contribution in [2.45, 2.75) is 40.0 Å². The number of allylic oxidation sites excluding steroid dienone is 4. The average Bonchev–Trinajstić information content (AvgIpc) is 2.35. The maximum absolute atomic E-state index is 6.24. The third-order valence-electron chi connectivity index (χ3n) is 2.48. The molecule has 17 heavy (non-hydrogen) atoms. The van der Waals surface area contributed by atoms with Gasteiger partial charge >= 0.3 is 0 Å². The van der Waals surface area contributed by atoms with Gasteiger partial charge in [0, 0.05) is 13.1 Å². The van der Waals surface area contributed by atoms with Crippen molar-refractivity contribution < 1.29 is 0 Å². The maximum Gasteiger partial charge on any atom is 0.0741 e. The van der Waals surface area contributed by atoms with Crippen LogP contribution >= 0.6 is 23.2 Å². The molecule has 0 aromatic carbocycles. The molecule has 0 aliphatic carbocycles. The predicted molar refractivity (Wildman–Crippen MR) is 79.5 cm³/mol. The second-order valence-corrected chi connectivity index (χ2v) is 4.69. The van der Waals surface area contributed by atoms with Crippen LogP contribution in [-0.2, 0) is 0 Å². The molecule has 1 nitrogen and oxygen atoms in total. The summed E-state index contributed by atoms with van der Waals surface area (Å²) < 4.78 is 0. The lowest BCUT2D eigenvalue weighted by Crippen LogP contribution is -2.26. The summed E-state index contributed by atoms with van der Waals surface area (Å²) in [6, 6.07) is 0. The Hall–Kier alpha value is -0.400. The second-order valence-electron chi connectivity index (χ2n) is 3.88. The molecule has 0 unspecified atom stereocenters. The van der Waals surface area contributed by atoms with Gasteiger partial charge in [-0.25, -0.2) is 0 Å². The first-order valence-corrected chi connectivity index (χ1v) is 6.97. The van der Waals surface area contributed by atoms with Crippen LogP contribution in [0.25, 0.3) is 0 Å². The summed E-state index contributed by atoms with van der Waals surface area (Å²) in [6.45, 7) is 11.9. The van der Waals surface area contributed by atoms with Crippen LogP contribution in [0.3, 0.4) is 0 Å². The molecule has 0 atom stereocenters. The Labute approximate surface area is 116 Å². The molecule has 0 N–H and O–H groups in total. The monoisotopic (exact) mass is 275 g/mol. The molecule has 0 saturated heterocycles. The van der Waals surface area contributed by atoms with Crippen LogP contribution in [0.2, 0.25) is 0 Å². The number of rotatable bonds is 8. The van der Waals surface area contributed by atoms with Crippen molar-refractivity contribution in [1.82, 2.24) is 4.90 Å². The molecule has 0 amide bonds. The van der Waals surface area contributed by atoms with E-state index in [0.29, 0.717) is 10.1 Å². The van der Waals surface area contributed by atoms with Crippen molar-refractivity contribution >= 4 is 23.2 Å². The van der Waals surface area contributed by atoms with E-state index in [9.17, 15) is 0 Å². The lowest BCUT2D eigenvalue weighted by Gasteiger charge is -2.27. The Kier molecular flexibility index (Phi) is 9.39. The lowest BCUT2D eigenvalue weighted by atomic mass is 10.2. The molecule has 0 aliphatic rings. The predicted octanol–water partition coefficient (Wildman–Crippen LogP) is 5.28. The van der Waals surface area contributed by atoms with Gasteiger partial charge in [0.15, 0.2) is 0 Å². The van der Waals surface area contributed by atoms with Crippen LogP contribution in [-0.4, -0.2) is 18.0 Å². The Morgan fingerprint density at radius 3 is 2.24 bits per heavy atom. The summed E-state index contributed by atoms with van der Waals surface area (Å²) in [5, 5.41) is 1.32. The van der Waals surface area contributed by atoms with Gasteiger partial charge in [0.1, 0.15) is 0 Å². The van der Waals surface area contributed by atoms with Gasteiger partial charge in [-0.15, -0.1) is 0 Å². The highest BCUT2D eigenvalue weighted by molar-refractivity contribution is 6.36. The van der Waals surface area contributed by atoms with Crippen molar-refractivity contribution in [2.75, 3.05) is 13.1 Å². The van der Waals surface area contributed by atoms with Crippen molar-refractivity contribution in [1.29, 1.82) is 0 Å². The first-order chi connectivity index (χ1) is 8.12. The minimum Gasteiger partial charge on any atom is -0.369 e. The first-order valence-electron chi connectivity index (χ1n) is 6.21. The van der Waals surface area contributed by atoms with E-state index in [-0.39, 0.29) is 0 Å². The molecule has 0 spiro atoms. The molecule has 0 heterocycles. The van der Waals surface area contributed by atoms with E-state index >= 15 is 0 Å². The summed E-state index contributed by atoms with van der Waals surface area (Å²) in [4.78, 5) is 2.25. The van der Waals surface area contributed by atoms with Gasteiger partial charge in [0.05, 0.1) is 15.8 Å². The van der Waals surface area contributed by atoms with Crippen LogP contribution in [0.1, 0.15) is 40.0 Å². The molecule has 0 bridgehead atoms. The fourth-order valence-electron chi connectivity index (χ4n) is 1.60. The molecule has 0 fully saturated rings. The third kappa shape index (κ3) is 5.65. The zero-order chi connectivity index (χ0) is 13.3. The summed E-state index contributed by atoms with van der Waals surface area (Å²) in [5.41, 5.74) is 0.904. The molecule has 3 heteroatoms. The fraction of sp³-hybridized carbons (Fsp3) is 0.571. The first kappa shape index (κ1) is 16.6. The maximum atomic E-state index is 6.24. The zero-order valence-electron chi connectivity index (χ0n) is 11.1. The molecule has 0 saturated carbocycles. The molecule has 98 valence electrons. The lowest BCUT2D eigenvalue weighted by molar-refractivity contribution is 0.345. The topological polar surface area (TPSA) is 3.24 Å². The van der Waals surface area contributed by atoms with E-state index in [1.54, 1.807) is 6.08 Å². The Morgan fingerprint density at radius 1 is 1.18 bits per heavy atom. The minimum atomic E-state index is 0.623. The highest BCUT2D eigenvalue weighted by Crippen LogP contribution is 2.26. The number of unbranched alkanes of at least 4 members (excludes halogenated alkanes) is 1. The Balaban J connectivity index is 5.15. The highest BCUT2D eigenvalue weighted by Gasteiger charge is 2.14. The van der Waals surface area contributed by atoms with Gasteiger partial charge in [-0.3, -0.25) is 0 Å². The Bertz CT molecular complexity index is 293. The molecular weight excluding hydrogens is 253 g/mol. The van der Waals surface area contributed by atoms with Gasteiger partial charge in [-0.1, -0.05) is 56.1 Å². The van der Waals surface area contributed by atoms with Gasteiger partial charge in [0.2, 0.25) is 0 Å². The largest absolute Gasteiger partial charge is 0.369 e. The normalized spacial score (nSPS) is 13.4. The SMILES string of the molecule is C=C/C(Cl)=C(\C(Cl)=C/C)N(CCC)CCCC.